The number of rotatable bonds is 2. The van der Waals surface area contributed by atoms with Crippen molar-refractivity contribution in [1.82, 2.24) is 15.4 Å². The molecule has 0 unspecified atom stereocenters. The van der Waals surface area contributed by atoms with Crippen molar-refractivity contribution in [2.75, 3.05) is 5.32 Å². The number of anilines is 1. The number of nitrogens with zero attached hydrogens (tertiary/aromatic N) is 2. The maximum Gasteiger partial charge on any atom is 0.224 e. The molecule has 0 saturated heterocycles. The number of amides is 1. The molecule has 0 aliphatic carbocycles. The largest absolute Gasteiger partial charge is 0.326 e. The van der Waals surface area contributed by atoms with Gasteiger partial charge in [-0.1, -0.05) is 37.3 Å². The molecule has 3 aromatic rings. The highest BCUT2D eigenvalue weighted by atomic mass is 16.1. The molecule has 0 bridgehead atoms. The number of H-pyrrole nitrogens is 1. The smallest absolute Gasteiger partial charge is 0.224 e. The minimum absolute atomic E-state index is 0.0520. The van der Waals surface area contributed by atoms with Crippen LogP contribution in [-0.2, 0) is 4.79 Å². The van der Waals surface area contributed by atoms with E-state index < -0.39 is 0 Å². The van der Waals surface area contributed by atoms with E-state index in [1.54, 1.807) is 0 Å². The quantitative estimate of drug-likeness (QED) is 0.750. The molecule has 0 spiro atoms. The van der Waals surface area contributed by atoms with Crippen molar-refractivity contribution < 1.29 is 4.79 Å². The van der Waals surface area contributed by atoms with Gasteiger partial charge in [-0.15, -0.1) is 0 Å². The first-order valence-electron chi connectivity index (χ1n) is 6.40. The number of aromatic nitrogens is 3. The molecule has 1 heterocycles. The molecule has 5 heteroatoms. The fourth-order valence-electron chi connectivity index (χ4n) is 1.56. The lowest BCUT2D eigenvalue weighted by Gasteiger charge is -2.00. The summed E-state index contributed by atoms with van der Waals surface area (Å²) in [6, 6.07) is 17.1. The van der Waals surface area contributed by atoms with Crippen molar-refractivity contribution in [2.45, 2.75) is 13.3 Å². The number of hydrogen-bond acceptors (Lipinski definition) is 3. The lowest BCUT2D eigenvalue weighted by Crippen LogP contribution is -2.08. The molecule has 3 rings (SSSR count). The molecule has 0 saturated carbocycles. The number of carbonyl (C=O) groups is 1. The number of nitrogens with one attached hydrogen (secondary N) is 2. The summed E-state index contributed by atoms with van der Waals surface area (Å²) in [6.45, 7) is 1.83. The van der Waals surface area contributed by atoms with Crippen molar-refractivity contribution in [2.24, 2.45) is 0 Å². The molecular weight excluding hydrogens is 252 g/mol. The van der Waals surface area contributed by atoms with E-state index in [9.17, 15) is 4.79 Å². The van der Waals surface area contributed by atoms with E-state index in [0.717, 1.165) is 16.7 Å². The van der Waals surface area contributed by atoms with Crippen LogP contribution < -0.4 is 5.32 Å². The van der Waals surface area contributed by atoms with Crippen molar-refractivity contribution in [3.05, 3.63) is 54.6 Å². The Kier molecular flexibility index (Phi) is 4.83. The molecule has 0 aliphatic rings. The van der Waals surface area contributed by atoms with Crippen LogP contribution in [0.4, 0.5) is 5.69 Å². The summed E-state index contributed by atoms with van der Waals surface area (Å²) >= 11 is 0. The lowest BCUT2D eigenvalue weighted by atomic mass is 10.3. The summed E-state index contributed by atoms with van der Waals surface area (Å²) in [5.41, 5.74) is 2.69. The van der Waals surface area contributed by atoms with Gasteiger partial charge in [0.15, 0.2) is 0 Å². The Bertz CT molecular complexity index is 633. The Balaban J connectivity index is 0.000000149. The highest BCUT2D eigenvalue weighted by Gasteiger charge is 1.95. The van der Waals surface area contributed by atoms with Gasteiger partial charge >= 0.3 is 0 Å². The Morgan fingerprint density at radius 2 is 1.55 bits per heavy atom. The Hall–Kier alpha value is -2.69. The molecular formula is C15H16N4O. The molecule has 1 aromatic heterocycles. The van der Waals surface area contributed by atoms with E-state index in [1.165, 1.54) is 0 Å². The van der Waals surface area contributed by atoms with Gasteiger partial charge in [0.25, 0.3) is 0 Å². The average Bonchev–Trinajstić information content (AvgIpc) is 2.97. The number of hydrogen-bond donors (Lipinski definition) is 2. The molecule has 102 valence electrons. The molecule has 1 amide bonds. The minimum Gasteiger partial charge on any atom is -0.326 e. The summed E-state index contributed by atoms with van der Waals surface area (Å²) in [5, 5.41) is 13.1. The SMILES string of the molecule is CCC(=O)Nc1ccccc1.c1ccc2n[nH]nc2c1. The van der Waals surface area contributed by atoms with Gasteiger partial charge in [-0.3, -0.25) is 4.79 Å². The zero-order valence-corrected chi connectivity index (χ0v) is 11.2. The van der Waals surface area contributed by atoms with Gasteiger partial charge in [0.05, 0.1) is 0 Å². The lowest BCUT2D eigenvalue weighted by molar-refractivity contribution is -0.115. The van der Waals surface area contributed by atoms with E-state index in [0.29, 0.717) is 6.42 Å². The summed E-state index contributed by atoms with van der Waals surface area (Å²) in [7, 11) is 0. The van der Waals surface area contributed by atoms with Crippen LogP contribution in [0.2, 0.25) is 0 Å². The molecule has 20 heavy (non-hydrogen) atoms. The maximum absolute atomic E-state index is 10.9. The molecule has 0 fully saturated rings. The number of para-hydroxylation sites is 3. The Labute approximate surface area is 117 Å². The van der Waals surface area contributed by atoms with Crippen molar-refractivity contribution in [3.63, 3.8) is 0 Å². The summed E-state index contributed by atoms with van der Waals surface area (Å²) < 4.78 is 0. The molecule has 2 N–H and O–H groups in total. The van der Waals surface area contributed by atoms with Crippen molar-refractivity contribution in [1.29, 1.82) is 0 Å². The van der Waals surface area contributed by atoms with Crippen LogP contribution in [0.25, 0.3) is 11.0 Å². The normalized spacial score (nSPS) is 9.65. The zero-order chi connectivity index (χ0) is 14.2. The topological polar surface area (TPSA) is 70.7 Å². The summed E-state index contributed by atoms with van der Waals surface area (Å²) in [5.74, 6) is 0.0520. The third-order valence-electron chi connectivity index (χ3n) is 2.60. The van der Waals surface area contributed by atoms with Crippen LogP contribution in [0, 0.1) is 0 Å². The molecule has 0 radical (unpaired) electrons. The second kappa shape index (κ2) is 7.04. The Morgan fingerprint density at radius 1 is 1.00 bits per heavy atom. The first-order chi connectivity index (χ1) is 9.79. The fraction of sp³-hybridized carbons (Fsp3) is 0.133. The van der Waals surface area contributed by atoms with E-state index >= 15 is 0 Å². The Morgan fingerprint density at radius 3 is 2.10 bits per heavy atom. The summed E-state index contributed by atoms with van der Waals surface area (Å²) in [6.07, 6.45) is 0.523. The van der Waals surface area contributed by atoms with Crippen LogP contribution in [0.15, 0.2) is 54.6 Å². The van der Waals surface area contributed by atoms with E-state index in [1.807, 2.05) is 61.5 Å². The highest BCUT2D eigenvalue weighted by Crippen LogP contribution is 2.05. The van der Waals surface area contributed by atoms with E-state index in [2.05, 4.69) is 20.7 Å². The van der Waals surface area contributed by atoms with Crippen LogP contribution in [0.1, 0.15) is 13.3 Å². The van der Waals surface area contributed by atoms with Crippen LogP contribution >= 0.6 is 0 Å². The number of aromatic amines is 1. The van der Waals surface area contributed by atoms with E-state index in [-0.39, 0.29) is 5.91 Å². The predicted molar refractivity (Wildman–Crippen MR) is 79.3 cm³/mol. The third-order valence-corrected chi connectivity index (χ3v) is 2.60. The van der Waals surface area contributed by atoms with Gasteiger partial charge in [-0.05, 0) is 24.3 Å². The van der Waals surface area contributed by atoms with Gasteiger partial charge in [0, 0.05) is 12.1 Å². The van der Waals surface area contributed by atoms with Gasteiger partial charge in [0.1, 0.15) is 11.0 Å². The first kappa shape index (κ1) is 13.7. The van der Waals surface area contributed by atoms with Gasteiger partial charge in [0.2, 0.25) is 5.91 Å². The molecule has 0 atom stereocenters. The van der Waals surface area contributed by atoms with Gasteiger partial charge in [-0.2, -0.15) is 15.4 Å². The number of fused-ring (bicyclic) bond motifs is 1. The van der Waals surface area contributed by atoms with E-state index in [4.69, 9.17) is 0 Å². The number of benzene rings is 2. The maximum atomic E-state index is 10.9. The average molecular weight is 268 g/mol. The zero-order valence-electron chi connectivity index (χ0n) is 11.2. The minimum atomic E-state index is 0.0520. The second-order valence-electron chi connectivity index (χ2n) is 4.08. The van der Waals surface area contributed by atoms with Crippen molar-refractivity contribution >= 4 is 22.6 Å². The van der Waals surface area contributed by atoms with Crippen LogP contribution in [0.3, 0.4) is 0 Å². The second-order valence-corrected chi connectivity index (χ2v) is 4.08. The van der Waals surface area contributed by atoms with Gasteiger partial charge < -0.3 is 5.32 Å². The molecule has 5 nitrogen and oxygen atoms in total. The van der Waals surface area contributed by atoms with Gasteiger partial charge in [-0.25, -0.2) is 0 Å². The molecule has 2 aromatic carbocycles. The standard InChI is InChI=1S/C9H11NO.C6H5N3/c1-2-9(11)10-8-6-4-3-5-7-8;1-2-4-6-5(3-1)7-9-8-6/h3-7H,2H2,1H3,(H,10,11);1-4H,(H,7,8,9). The first-order valence-corrected chi connectivity index (χ1v) is 6.40. The van der Waals surface area contributed by atoms with Crippen molar-refractivity contribution in [3.8, 4) is 0 Å². The highest BCUT2D eigenvalue weighted by molar-refractivity contribution is 5.90. The molecule has 0 aliphatic heterocycles. The predicted octanol–water partition coefficient (Wildman–Crippen LogP) is 2.99. The fourth-order valence-corrected chi connectivity index (χ4v) is 1.56. The van der Waals surface area contributed by atoms with Crippen LogP contribution in [-0.4, -0.2) is 21.3 Å². The third kappa shape index (κ3) is 3.91. The monoisotopic (exact) mass is 268 g/mol. The van der Waals surface area contributed by atoms with Crippen LogP contribution in [0.5, 0.6) is 0 Å². The number of carbonyl (C=O) groups excluding carboxylic acids is 1. The summed E-state index contributed by atoms with van der Waals surface area (Å²) in [4.78, 5) is 10.9.